The number of benzene rings is 2. The lowest BCUT2D eigenvalue weighted by Gasteiger charge is -2.09. The molecule has 1 aromatic heterocycles. The Morgan fingerprint density at radius 1 is 1.11 bits per heavy atom. The molecular weight excluding hydrogens is 254 g/mol. The first kappa shape index (κ1) is 11.9. The summed E-state index contributed by atoms with van der Waals surface area (Å²) in [6.45, 7) is 0.668. The molecule has 0 aliphatic rings. The van der Waals surface area contributed by atoms with Crippen molar-refractivity contribution in [3.05, 3.63) is 65.9 Å². The van der Waals surface area contributed by atoms with E-state index in [2.05, 4.69) is 17.2 Å². The van der Waals surface area contributed by atoms with Crippen molar-refractivity contribution in [2.75, 3.05) is 0 Å². The molecule has 0 atom stereocenters. The molecule has 2 N–H and O–H groups in total. The van der Waals surface area contributed by atoms with E-state index in [0.29, 0.717) is 11.5 Å². The van der Waals surface area contributed by atoms with Crippen molar-refractivity contribution in [2.24, 2.45) is 5.73 Å². The Bertz CT molecular complexity index is 746. The molecule has 94 valence electrons. The second kappa shape index (κ2) is 4.82. The molecule has 3 nitrogen and oxygen atoms in total. The number of thiocarbonyl (C=S) groups is 1. The van der Waals surface area contributed by atoms with Crippen molar-refractivity contribution in [2.45, 2.75) is 6.54 Å². The third-order valence-corrected chi connectivity index (χ3v) is 3.37. The van der Waals surface area contributed by atoms with Gasteiger partial charge in [-0.05, 0) is 11.6 Å². The fourth-order valence-corrected chi connectivity index (χ4v) is 2.41. The summed E-state index contributed by atoms with van der Waals surface area (Å²) in [7, 11) is 0. The number of hydrogen-bond acceptors (Lipinski definition) is 2. The van der Waals surface area contributed by atoms with Gasteiger partial charge in [-0.2, -0.15) is 5.10 Å². The second-order valence-electron chi connectivity index (χ2n) is 4.38. The van der Waals surface area contributed by atoms with Crippen LogP contribution in [0.3, 0.4) is 0 Å². The summed E-state index contributed by atoms with van der Waals surface area (Å²) in [5.41, 5.74) is 8.87. The SMILES string of the molecule is NC(=S)c1ccccc1Cn1ncc2ccccc21. The molecule has 0 saturated carbocycles. The van der Waals surface area contributed by atoms with E-state index in [0.717, 1.165) is 22.0 Å². The minimum absolute atomic E-state index is 0.423. The molecule has 3 rings (SSSR count). The van der Waals surface area contributed by atoms with Gasteiger partial charge in [0.1, 0.15) is 4.99 Å². The molecule has 0 fully saturated rings. The fourth-order valence-electron chi connectivity index (χ4n) is 2.21. The maximum Gasteiger partial charge on any atom is 0.104 e. The van der Waals surface area contributed by atoms with Gasteiger partial charge in [-0.1, -0.05) is 54.7 Å². The topological polar surface area (TPSA) is 43.8 Å². The Morgan fingerprint density at radius 2 is 1.84 bits per heavy atom. The van der Waals surface area contributed by atoms with E-state index in [1.54, 1.807) is 0 Å². The zero-order valence-electron chi connectivity index (χ0n) is 10.3. The van der Waals surface area contributed by atoms with Gasteiger partial charge in [0.25, 0.3) is 0 Å². The van der Waals surface area contributed by atoms with Crippen LogP contribution in [0.5, 0.6) is 0 Å². The molecule has 0 bridgehead atoms. The normalized spacial score (nSPS) is 10.7. The first-order valence-electron chi connectivity index (χ1n) is 6.04. The first-order valence-corrected chi connectivity index (χ1v) is 6.45. The van der Waals surface area contributed by atoms with E-state index < -0.39 is 0 Å². The smallest absolute Gasteiger partial charge is 0.104 e. The highest BCUT2D eigenvalue weighted by molar-refractivity contribution is 7.80. The minimum atomic E-state index is 0.423. The van der Waals surface area contributed by atoms with Crippen LogP contribution in [0.2, 0.25) is 0 Å². The molecule has 0 spiro atoms. The molecular formula is C15H13N3S. The highest BCUT2D eigenvalue weighted by atomic mass is 32.1. The van der Waals surface area contributed by atoms with Crippen LogP contribution >= 0.6 is 12.2 Å². The van der Waals surface area contributed by atoms with E-state index in [1.165, 1.54) is 0 Å². The molecule has 3 aromatic rings. The zero-order chi connectivity index (χ0) is 13.2. The van der Waals surface area contributed by atoms with Gasteiger partial charge in [-0.3, -0.25) is 4.68 Å². The van der Waals surface area contributed by atoms with Crippen molar-refractivity contribution in [3.63, 3.8) is 0 Å². The monoisotopic (exact) mass is 267 g/mol. The largest absolute Gasteiger partial charge is 0.389 e. The molecule has 0 amide bonds. The summed E-state index contributed by atoms with van der Waals surface area (Å²) in [4.78, 5) is 0.423. The average molecular weight is 267 g/mol. The Hall–Kier alpha value is -2.20. The highest BCUT2D eigenvalue weighted by Gasteiger charge is 2.07. The van der Waals surface area contributed by atoms with Gasteiger partial charge < -0.3 is 5.73 Å². The van der Waals surface area contributed by atoms with E-state index in [9.17, 15) is 0 Å². The Morgan fingerprint density at radius 3 is 2.68 bits per heavy atom. The van der Waals surface area contributed by atoms with Gasteiger partial charge in [0.15, 0.2) is 0 Å². The molecule has 0 aliphatic heterocycles. The molecule has 19 heavy (non-hydrogen) atoms. The maximum atomic E-state index is 5.76. The second-order valence-corrected chi connectivity index (χ2v) is 4.82. The van der Waals surface area contributed by atoms with E-state index in [1.807, 2.05) is 47.3 Å². The Balaban J connectivity index is 2.04. The van der Waals surface area contributed by atoms with E-state index in [-0.39, 0.29) is 0 Å². The molecule has 0 aliphatic carbocycles. The van der Waals surface area contributed by atoms with Crippen molar-refractivity contribution in [1.82, 2.24) is 9.78 Å². The van der Waals surface area contributed by atoms with Gasteiger partial charge in [0, 0.05) is 10.9 Å². The number of nitrogens with two attached hydrogens (primary N) is 1. The van der Waals surface area contributed by atoms with Crippen LogP contribution in [-0.2, 0) is 6.54 Å². The van der Waals surface area contributed by atoms with E-state index >= 15 is 0 Å². The van der Waals surface area contributed by atoms with Gasteiger partial charge >= 0.3 is 0 Å². The number of nitrogens with zero attached hydrogens (tertiary/aromatic N) is 2. The van der Waals surface area contributed by atoms with Gasteiger partial charge in [0.2, 0.25) is 0 Å². The van der Waals surface area contributed by atoms with Crippen molar-refractivity contribution < 1.29 is 0 Å². The number of hydrogen-bond donors (Lipinski definition) is 1. The average Bonchev–Trinajstić information content (AvgIpc) is 2.83. The van der Waals surface area contributed by atoms with Crippen LogP contribution < -0.4 is 5.73 Å². The van der Waals surface area contributed by atoms with Crippen LogP contribution in [0.1, 0.15) is 11.1 Å². The molecule has 0 radical (unpaired) electrons. The summed E-state index contributed by atoms with van der Waals surface area (Å²) < 4.78 is 1.96. The molecule has 0 saturated heterocycles. The predicted molar refractivity (Wildman–Crippen MR) is 81.2 cm³/mol. The lowest BCUT2D eigenvalue weighted by Crippen LogP contribution is -2.14. The van der Waals surface area contributed by atoms with E-state index in [4.69, 9.17) is 18.0 Å². The van der Waals surface area contributed by atoms with Crippen LogP contribution in [0, 0.1) is 0 Å². The van der Waals surface area contributed by atoms with Crippen LogP contribution in [0.15, 0.2) is 54.7 Å². The number of fused-ring (bicyclic) bond motifs is 1. The minimum Gasteiger partial charge on any atom is -0.389 e. The number of rotatable bonds is 3. The molecule has 2 aromatic carbocycles. The summed E-state index contributed by atoms with van der Waals surface area (Å²) in [6.07, 6.45) is 1.87. The Kier molecular flexibility index (Phi) is 3.01. The van der Waals surface area contributed by atoms with Crippen molar-refractivity contribution in [3.8, 4) is 0 Å². The number of para-hydroxylation sites is 1. The van der Waals surface area contributed by atoms with Gasteiger partial charge in [0.05, 0.1) is 18.3 Å². The summed E-state index contributed by atoms with van der Waals surface area (Å²) in [5.74, 6) is 0. The molecule has 4 heteroatoms. The third-order valence-electron chi connectivity index (χ3n) is 3.15. The maximum absolute atomic E-state index is 5.76. The molecule has 1 heterocycles. The van der Waals surface area contributed by atoms with Crippen LogP contribution in [0.25, 0.3) is 10.9 Å². The summed E-state index contributed by atoms with van der Waals surface area (Å²) >= 11 is 5.09. The lowest BCUT2D eigenvalue weighted by atomic mass is 10.1. The third kappa shape index (κ3) is 2.22. The lowest BCUT2D eigenvalue weighted by molar-refractivity contribution is 0.711. The van der Waals surface area contributed by atoms with Gasteiger partial charge in [-0.25, -0.2) is 0 Å². The first-order chi connectivity index (χ1) is 9.25. The highest BCUT2D eigenvalue weighted by Crippen LogP contribution is 2.16. The fraction of sp³-hybridized carbons (Fsp3) is 0.0667. The quantitative estimate of drug-likeness (QED) is 0.742. The summed E-state index contributed by atoms with van der Waals surface area (Å²) in [6, 6.07) is 16.1. The van der Waals surface area contributed by atoms with Crippen molar-refractivity contribution in [1.29, 1.82) is 0 Å². The summed E-state index contributed by atoms with van der Waals surface area (Å²) in [5, 5.41) is 5.56. The molecule has 0 unspecified atom stereocenters. The zero-order valence-corrected chi connectivity index (χ0v) is 11.1. The van der Waals surface area contributed by atoms with Crippen LogP contribution in [-0.4, -0.2) is 14.8 Å². The van der Waals surface area contributed by atoms with Crippen LogP contribution in [0.4, 0.5) is 0 Å². The Labute approximate surface area is 116 Å². The predicted octanol–water partition coefficient (Wildman–Crippen LogP) is 2.72. The van der Waals surface area contributed by atoms with Crippen molar-refractivity contribution >= 4 is 28.1 Å². The number of aromatic nitrogens is 2. The standard InChI is InChI=1S/C15H13N3S/c16-15(19)13-7-3-1-6-12(13)10-18-14-8-4-2-5-11(14)9-17-18/h1-9H,10H2,(H2,16,19). The van der Waals surface area contributed by atoms with Gasteiger partial charge in [-0.15, -0.1) is 0 Å².